The molecule has 0 saturated carbocycles. The van der Waals surface area contributed by atoms with E-state index in [-0.39, 0.29) is 12.2 Å². The third-order valence-electron chi connectivity index (χ3n) is 4.21. The molecule has 0 saturated heterocycles. The predicted molar refractivity (Wildman–Crippen MR) is 99.2 cm³/mol. The number of hydrogen-bond donors (Lipinski definition) is 2. The van der Waals surface area contributed by atoms with E-state index in [4.69, 9.17) is 0 Å². The minimum Gasteiger partial charge on any atom is -0.392 e. The maximum absolute atomic E-state index is 12.2. The molecule has 0 atom stereocenters. The summed E-state index contributed by atoms with van der Waals surface area (Å²) >= 11 is 0. The Balaban J connectivity index is 1.74. The molecule has 25 heavy (non-hydrogen) atoms. The van der Waals surface area contributed by atoms with E-state index in [1.807, 2.05) is 66.7 Å². The second kappa shape index (κ2) is 6.34. The first kappa shape index (κ1) is 15.3. The number of rotatable bonds is 3. The van der Waals surface area contributed by atoms with Crippen LogP contribution in [-0.4, -0.2) is 15.1 Å². The molecule has 2 N–H and O–H groups in total. The van der Waals surface area contributed by atoms with Crippen molar-refractivity contribution in [1.29, 1.82) is 0 Å². The fourth-order valence-corrected chi connectivity index (χ4v) is 2.89. The van der Waals surface area contributed by atoms with Gasteiger partial charge in [0.1, 0.15) is 5.82 Å². The van der Waals surface area contributed by atoms with Crippen LogP contribution >= 0.6 is 0 Å². The van der Waals surface area contributed by atoms with Crippen LogP contribution in [-0.2, 0) is 6.61 Å². The molecule has 0 aliphatic rings. The van der Waals surface area contributed by atoms with Gasteiger partial charge in [0, 0.05) is 5.56 Å². The Bertz CT molecular complexity index is 1100. The number of nitrogens with zero attached hydrogens (tertiary/aromatic N) is 1. The summed E-state index contributed by atoms with van der Waals surface area (Å²) in [6.07, 6.45) is 0. The average Bonchev–Trinajstić information content (AvgIpc) is 2.68. The van der Waals surface area contributed by atoms with Gasteiger partial charge in [-0.25, -0.2) is 4.98 Å². The molecule has 0 bridgehead atoms. The van der Waals surface area contributed by atoms with Gasteiger partial charge in [0.25, 0.3) is 5.56 Å². The lowest BCUT2D eigenvalue weighted by Crippen LogP contribution is -2.09. The van der Waals surface area contributed by atoms with Gasteiger partial charge in [-0.2, -0.15) is 0 Å². The van der Waals surface area contributed by atoms with Gasteiger partial charge in [-0.1, -0.05) is 54.6 Å². The maximum atomic E-state index is 12.2. The summed E-state index contributed by atoms with van der Waals surface area (Å²) in [5.74, 6) is 0.555. The molecule has 0 aliphatic heterocycles. The minimum absolute atomic E-state index is 0.0220. The first-order valence-corrected chi connectivity index (χ1v) is 8.04. The molecule has 122 valence electrons. The molecule has 1 heterocycles. The molecular weight excluding hydrogens is 312 g/mol. The van der Waals surface area contributed by atoms with Crippen LogP contribution in [0.15, 0.2) is 77.6 Å². The molecule has 1 aromatic heterocycles. The Labute approximate surface area is 144 Å². The highest BCUT2D eigenvalue weighted by molar-refractivity contribution is 5.79. The molecule has 4 rings (SSSR count). The topological polar surface area (TPSA) is 66.0 Å². The van der Waals surface area contributed by atoms with Crippen LogP contribution in [0.2, 0.25) is 0 Å². The summed E-state index contributed by atoms with van der Waals surface area (Å²) in [6.45, 7) is 0.0220. The van der Waals surface area contributed by atoms with Crippen molar-refractivity contribution in [2.24, 2.45) is 0 Å². The van der Waals surface area contributed by atoms with Gasteiger partial charge in [0.2, 0.25) is 0 Å². The van der Waals surface area contributed by atoms with Crippen LogP contribution in [0.4, 0.5) is 0 Å². The number of H-pyrrole nitrogens is 1. The van der Waals surface area contributed by atoms with Crippen molar-refractivity contribution in [2.75, 3.05) is 0 Å². The maximum Gasteiger partial charge on any atom is 0.259 e. The second-order valence-electron chi connectivity index (χ2n) is 5.87. The fourth-order valence-electron chi connectivity index (χ4n) is 2.89. The highest BCUT2D eigenvalue weighted by atomic mass is 16.3. The molecule has 0 radical (unpaired) electrons. The lowest BCUT2D eigenvalue weighted by Gasteiger charge is -2.06. The number of fused-ring (bicyclic) bond motifs is 1. The van der Waals surface area contributed by atoms with Gasteiger partial charge in [-0.3, -0.25) is 4.79 Å². The Morgan fingerprint density at radius 2 is 1.60 bits per heavy atom. The van der Waals surface area contributed by atoms with Gasteiger partial charge >= 0.3 is 0 Å². The monoisotopic (exact) mass is 328 g/mol. The normalized spacial score (nSPS) is 10.9. The van der Waals surface area contributed by atoms with Crippen LogP contribution < -0.4 is 5.56 Å². The van der Waals surface area contributed by atoms with E-state index in [9.17, 15) is 9.90 Å². The Morgan fingerprint density at radius 3 is 2.40 bits per heavy atom. The number of benzene rings is 3. The number of aliphatic hydroxyl groups excluding tert-OH is 1. The number of aromatic nitrogens is 2. The molecule has 4 heteroatoms. The predicted octanol–water partition coefficient (Wildman–Crippen LogP) is 3.75. The second-order valence-corrected chi connectivity index (χ2v) is 5.87. The van der Waals surface area contributed by atoms with E-state index in [0.29, 0.717) is 16.7 Å². The first-order valence-electron chi connectivity index (χ1n) is 8.04. The van der Waals surface area contributed by atoms with E-state index in [1.54, 1.807) is 6.07 Å². The zero-order chi connectivity index (χ0) is 17.2. The molecule has 0 amide bonds. The fraction of sp³-hybridized carbons (Fsp3) is 0.0476. The smallest absolute Gasteiger partial charge is 0.259 e. The van der Waals surface area contributed by atoms with Crippen LogP contribution in [0.3, 0.4) is 0 Å². The zero-order valence-electron chi connectivity index (χ0n) is 13.4. The third-order valence-corrected chi connectivity index (χ3v) is 4.21. The van der Waals surface area contributed by atoms with Gasteiger partial charge in [0.05, 0.1) is 17.5 Å². The molecule has 0 unspecified atom stereocenters. The molecule has 4 aromatic rings. The van der Waals surface area contributed by atoms with E-state index in [1.165, 1.54) is 0 Å². The van der Waals surface area contributed by atoms with E-state index < -0.39 is 0 Å². The molecule has 3 aromatic carbocycles. The number of nitrogens with one attached hydrogen (secondary N) is 1. The Morgan fingerprint density at radius 1 is 0.840 bits per heavy atom. The van der Waals surface area contributed by atoms with Crippen molar-refractivity contribution in [1.82, 2.24) is 9.97 Å². The Kier molecular flexibility index (Phi) is 3.88. The lowest BCUT2D eigenvalue weighted by molar-refractivity contribution is 0.282. The van der Waals surface area contributed by atoms with Crippen LogP contribution in [0.25, 0.3) is 33.4 Å². The van der Waals surface area contributed by atoms with E-state index >= 15 is 0 Å². The van der Waals surface area contributed by atoms with E-state index in [0.717, 1.165) is 22.3 Å². The van der Waals surface area contributed by atoms with Crippen molar-refractivity contribution in [3.63, 3.8) is 0 Å². The van der Waals surface area contributed by atoms with Crippen molar-refractivity contribution in [3.8, 4) is 22.5 Å². The van der Waals surface area contributed by atoms with Crippen LogP contribution in [0, 0.1) is 0 Å². The quantitative estimate of drug-likeness (QED) is 0.602. The van der Waals surface area contributed by atoms with Crippen molar-refractivity contribution in [3.05, 3.63) is 88.7 Å². The number of aromatic amines is 1. The molecule has 0 aliphatic carbocycles. The Hall–Kier alpha value is -3.24. The van der Waals surface area contributed by atoms with Crippen molar-refractivity contribution < 1.29 is 5.11 Å². The standard InChI is InChI=1S/C21H16N2O2/c24-13-14-4-3-5-17(12-14)15-8-10-16(11-9-15)20-22-19-7-2-1-6-18(19)21(25)23-20/h1-12,24H,13H2,(H,22,23,25). The van der Waals surface area contributed by atoms with Crippen molar-refractivity contribution in [2.45, 2.75) is 6.61 Å². The van der Waals surface area contributed by atoms with Crippen LogP contribution in [0.1, 0.15) is 5.56 Å². The highest BCUT2D eigenvalue weighted by Crippen LogP contribution is 2.24. The van der Waals surface area contributed by atoms with Gasteiger partial charge in [-0.15, -0.1) is 0 Å². The largest absolute Gasteiger partial charge is 0.392 e. The first-order chi connectivity index (χ1) is 12.2. The summed E-state index contributed by atoms with van der Waals surface area (Å²) in [4.78, 5) is 19.6. The molecule has 0 spiro atoms. The summed E-state index contributed by atoms with van der Waals surface area (Å²) in [6, 6.07) is 22.9. The summed E-state index contributed by atoms with van der Waals surface area (Å²) in [7, 11) is 0. The summed E-state index contributed by atoms with van der Waals surface area (Å²) in [5, 5.41) is 9.86. The number of hydrogen-bond acceptors (Lipinski definition) is 3. The van der Waals surface area contributed by atoms with Gasteiger partial charge in [0.15, 0.2) is 0 Å². The lowest BCUT2D eigenvalue weighted by atomic mass is 10.0. The molecule has 0 fully saturated rings. The zero-order valence-corrected chi connectivity index (χ0v) is 13.4. The molecular formula is C21H16N2O2. The summed E-state index contributed by atoms with van der Waals surface area (Å²) < 4.78 is 0. The minimum atomic E-state index is -0.139. The van der Waals surface area contributed by atoms with Gasteiger partial charge in [-0.05, 0) is 34.9 Å². The number of aliphatic hydroxyl groups is 1. The highest BCUT2D eigenvalue weighted by Gasteiger charge is 2.06. The average molecular weight is 328 g/mol. The van der Waals surface area contributed by atoms with Crippen LogP contribution in [0.5, 0.6) is 0 Å². The SMILES string of the molecule is O=c1[nH]c(-c2ccc(-c3cccc(CO)c3)cc2)nc2ccccc12. The van der Waals surface area contributed by atoms with Crippen molar-refractivity contribution >= 4 is 10.9 Å². The third kappa shape index (κ3) is 2.95. The molecule has 4 nitrogen and oxygen atoms in total. The summed E-state index contributed by atoms with van der Waals surface area (Å²) in [5.41, 5.74) is 4.36. The number of para-hydroxylation sites is 1. The van der Waals surface area contributed by atoms with Gasteiger partial charge < -0.3 is 10.1 Å². The van der Waals surface area contributed by atoms with E-state index in [2.05, 4.69) is 9.97 Å².